The number of amides is 1. The molecule has 1 aromatic carbocycles. The van der Waals surface area contributed by atoms with Crippen LogP contribution in [0.2, 0.25) is 0 Å². The van der Waals surface area contributed by atoms with E-state index in [4.69, 9.17) is 5.26 Å². The second kappa shape index (κ2) is 5.60. The fraction of sp³-hybridized carbons (Fsp3) is 0.0714. The second-order valence-electron chi connectivity index (χ2n) is 3.70. The molecule has 4 heteroatoms. The van der Waals surface area contributed by atoms with E-state index in [-0.39, 0.29) is 5.91 Å². The lowest BCUT2D eigenvalue weighted by Gasteiger charge is -2.06. The van der Waals surface area contributed by atoms with Crippen molar-refractivity contribution < 1.29 is 4.79 Å². The van der Waals surface area contributed by atoms with Crippen molar-refractivity contribution in [2.24, 2.45) is 0 Å². The maximum absolute atomic E-state index is 11.9. The van der Waals surface area contributed by atoms with Crippen LogP contribution in [-0.4, -0.2) is 10.9 Å². The molecule has 88 valence electrons. The summed E-state index contributed by atoms with van der Waals surface area (Å²) in [5.74, 6) is -0.254. The van der Waals surface area contributed by atoms with Crippen molar-refractivity contribution in [3.05, 3.63) is 65.5 Å². The van der Waals surface area contributed by atoms with Gasteiger partial charge in [0.25, 0.3) is 5.91 Å². The summed E-state index contributed by atoms with van der Waals surface area (Å²) in [4.78, 5) is 15.9. The van der Waals surface area contributed by atoms with Crippen LogP contribution in [0, 0.1) is 11.3 Å². The quantitative estimate of drug-likeness (QED) is 0.886. The van der Waals surface area contributed by atoms with Crippen molar-refractivity contribution in [2.75, 3.05) is 0 Å². The average molecular weight is 237 g/mol. The zero-order valence-electron chi connectivity index (χ0n) is 9.63. The van der Waals surface area contributed by atoms with Gasteiger partial charge >= 0.3 is 0 Å². The lowest BCUT2D eigenvalue weighted by atomic mass is 10.1. The van der Waals surface area contributed by atoms with Crippen LogP contribution in [0.1, 0.15) is 21.5 Å². The van der Waals surface area contributed by atoms with Crippen LogP contribution in [0.5, 0.6) is 0 Å². The molecule has 18 heavy (non-hydrogen) atoms. The van der Waals surface area contributed by atoms with Crippen LogP contribution < -0.4 is 5.32 Å². The van der Waals surface area contributed by atoms with E-state index in [1.165, 1.54) is 0 Å². The molecule has 0 radical (unpaired) electrons. The predicted octanol–water partition coefficient (Wildman–Crippen LogP) is 1.88. The van der Waals surface area contributed by atoms with Crippen LogP contribution in [0.25, 0.3) is 0 Å². The molecule has 0 bridgehead atoms. The van der Waals surface area contributed by atoms with Crippen molar-refractivity contribution in [2.45, 2.75) is 6.54 Å². The minimum Gasteiger partial charge on any atom is -0.348 e. The highest BCUT2D eigenvalue weighted by Crippen LogP contribution is 2.07. The average Bonchev–Trinajstić information content (AvgIpc) is 2.45. The number of nitrogens with zero attached hydrogens (tertiary/aromatic N) is 2. The minimum atomic E-state index is -0.254. The Morgan fingerprint density at radius 2 is 2.11 bits per heavy atom. The van der Waals surface area contributed by atoms with Gasteiger partial charge in [0, 0.05) is 18.9 Å². The molecule has 0 aliphatic heterocycles. The van der Waals surface area contributed by atoms with Crippen LogP contribution >= 0.6 is 0 Å². The minimum absolute atomic E-state index is 0.254. The van der Waals surface area contributed by atoms with Crippen LogP contribution in [0.3, 0.4) is 0 Å². The number of aromatic nitrogens is 1. The first-order chi connectivity index (χ1) is 8.81. The van der Waals surface area contributed by atoms with E-state index < -0.39 is 0 Å². The van der Waals surface area contributed by atoms with Gasteiger partial charge in [0.2, 0.25) is 0 Å². The van der Waals surface area contributed by atoms with E-state index >= 15 is 0 Å². The third-order valence-electron chi connectivity index (χ3n) is 2.47. The molecule has 0 unspecified atom stereocenters. The Labute approximate surface area is 105 Å². The Kier molecular flexibility index (Phi) is 3.67. The standard InChI is InChI=1S/C14H11N3O/c15-8-12-5-1-2-6-13(12)14(18)17-10-11-4-3-7-16-9-11/h1-7,9H,10H2,(H,17,18). The van der Waals surface area contributed by atoms with Crippen LogP contribution in [-0.2, 0) is 6.54 Å². The third kappa shape index (κ3) is 2.71. The summed E-state index contributed by atoms with van der Waals surface area (Å²) in [5.41, 5.74) is 1.69. The summed E-state index contributed by atoms with van der Waals surface area (Å²) in [6.07, 6.45) is 3.37. The Bertz CT molecular complexity index is 587. The van der Waals surface area contributed by atoms with Gasteiger partial charge in [0.05, 0.1) is 17.2 Å². The SMILES string of the molecule is N#Cc1ccccc1C(=O)NCc1cccnc1. The molecule has 1 amide bonds. The molecule has 2 aromatic rings. The summed E-state index contributed by atoms with van der Waals surface area (Å²) < 4.78 is 0. The molecule has 0 aliphatic rings. The number of nitriles is 1. The van der Waals surface area contributed by atoms with Gasteiger partial charge in [0.15, 0.2) is 0 Å². The van der Waals surface area contributed by atoms with E-state index in [2.05, 4.69) is 10.3 Å². The number of benzene rings is 1. The molecule has 0 aliphatic carbocycles. The molecule has 1 aromatic heterocycles. The Hall–Kier alpha value is -2.67. The van der Waals surface area contributed by atoms with Crippen LogP contribution in [0.4, 0.5) is 0 Å². The lowest BCUT2D eigenvalue weighted by Crippen LogP contribution is -2.23. The number of hydrogen-bond donors (Lipinski definition) is 1. The Balaban J connectivity index is 2.07. The predicted molar refractivity (Wildman–Crippen MR) is 66.6 cm³/mol. The van der Waals surface area contributed by atoms with Gasteiger partial charge in [-0.1, -0.05) is 18.2 Å². The van der Waals surface area contributed by atoms with E-state index in [0.29, 0.717) is 17.7 Å². The number of hydrogen-bond acceptors (Lipinski definition) is 3. The van der Waals surface area contributed by atoms with Gasteiger partial charge in [-0.15, -0.1) is 0 Å². The summed E-state index contributed by atoms with van der Waals surface area (Å²) in [5, 5.41) is 11.7. The number of pyridine rings is 1. The first-order valence-corrected chi connectivity index (χ1v) is 5.47. The molecule has 4 nitrogen and oxygen atoms in total. The van der Waals surface area contributed by atoms with E-state index in [0.717, 1.165) is 5.56 Å². The van der Waals surface area contributed by atoms with Crippen molar-refractivity contribution in [3.8, 4) is 6.07 Å². The van der Waals surface area contributed by atoms with Gasteiger partial charge in [-0.25, -0.2) is 0 Å². The zero-order valence-corrected chi connectivity index (χ0v) is 9.63. The molecule has 0 spiro atoms. The maximum Gasteiger partial charge on any atom is 0.252 e. The third-order valence-corrected chi connectivity index (χ3v) is 2.47. The zero-order chi connectivity index (χ0) is 12.8. The molecule has 0 saturated carbocycles. The normalized spacial score (nSPS) is 9.50. The van der Waals surface area contributed by atoms with Crippen molar-refractivity contribution in [1.29, 1.82) is 5.26 Å². The summed E-state index contributed by atoms with van der Waals surface area (Å²) in [7, 11) is 0. The van der Waals surface area contributed by atoms with E-state index in [1.54, 1.807) is 36.7 Å². The van der Waals surface area contributed by atoms with E-state index in [1.807, 2.05) is 18.2 Å². The molecule has 1 heterocycles. The molecular formula is C14H11N3O. The van der Waals surface area contributed by atoms with Gasteiger partial charge in [-0.05, 0) is 23.8 Å². The maximum atomic E-state index is 11.9. The summed E-state index contributed by atoms with van der Waals surface area (Å²) in [6, 6.07) is 12.4. The first kappa shape index (κ1) is 11.8. The highest BCUT2D eigenvalue weighted by atomic mass is 16.1. The molecule has 0 fully saturated rings. The summed E-state index contributed by atoms with van der Waals surface area (Å²) >= 11 is 0. The van der Waals surface area contributed by atoms with Gasteiger partial charge in [-0.3, -0.25) is 9.78 Å². The number of carbonyl (C=O) groups excluding carboxylic acids is 1. The number of rotatable bonds is 3. The fourth-order valence-corrected chi connectivity index (χ4v) is 1.56. The highest BCUT2D eigenvalue weighted by Gasteiger charge is 2.09. The molecule has 2 rings (SSSR count). The van der Waals surface area contributed by atoms with Gasteiger partial charge in [0.1, 0.15) is 0 Å². The van der Waals surface area contributed by atoms with Crippen molar-refractivity contribution in [1.82, 2.24) is 10.3 Å². The van der Waals surface area contributed by atoms with E-state index in [9.17, 15) is 4.79 Å². The number of carbonyl (C=O) groups is 1. The molecule has 0 atom stereocenters. The van der Waals surface area contributed by atoms with Crippen molar-refractivity contribution >= 4 is 5.91 Å². The van der Waals surface area contributed by atoms with Crippen molar-refractivity contribution in [3.63, 3.8) is 0 Å². The first-order valence-electron chi connectivity index (χ1n) is 5.47. The second-order valence-corrected chi connectivity index (χ2v) is 3.70. The monoisotopic (exact) mass is 237 g/mol. The Morgan fingerprint density at radius 3 is 2.83 bits per heavy atom. The van der Waals surface area contributed by atoms with Gasteiger partial charge in [-0.2, -0.15) is 5.26 Å². The Morgan fingerprint density at radius 1 is 1.28 bits per heavy atom. The fourth-order valence-electron chi connectivity index (χ4n) is 1.56. The lowest BCUT2D eigenvalue weighted by molar-refractivity contribution is 0.0950. The topological polar surface area (TPSA) is 65.8 Å². The summed E-state index contributed by atoms with van der Waals surface area (Å²) in [6.45, 7) is 0.395. The smallest absolute Gasteiger partial charge is 0.252 e. The van der Waals surface area contributed by atoms with Gasteiger partial charge < -0.3 is 5.32 Å². The number of nitrogens with one attached hydrogen (secondary N) is 1. The molecule has 0 saturated heterocycles. The van der Waals surface area contributed by atoms with Crippen LogP contribution in [0.15, 0.2) is 48.8 Å². The molecule has 1 N–H and O–H groups in total. The molecular weight excluding hydrogens is 226 g/mol. The largest absolute Gasteiger partial charge is 0.348 e. The highest BCUT2D eigenvalue weighted by molar-refractivity contribution is 5.96.